The molecule has 1 aliphatic heterocycles. The highest BCUT2D eigenvalue weighted by Gasteiger charge is 2.23. The van der Waals surface area contributed by atoms with Crippen molar-refractivity contribution in [3.8, 4) is 0 Å². The van der Waals surface area contributed by atoms with Crippen molar-refractivity contribution in [2.24, 2.45) is 4.99 Å². The third-order valence-electron chi connectivity index (χ3n) is 5.06. The van der Waals surface area contributed by atoms with Gasteiger partial charge in [0.1, 0.15) is 5.82 Å². The molecule has 1 fully saturated rings. The molecule has 1 saturated heterocycles. The quantitative estimate of drug-likeness (QED) is 0.299. The van der Waals surface area contributed by atoms with Crippen LogP contribution in [-0.2, 0) is 11.2 Å². The van der Waals surface area contributed by atoms with Crippen molar-refractivity contribution in [2.45, 2.75) is 32.2 Å². The van der Waals surface area contributed by atoms with Gasteiger partial charge in [0.15, 0.2) is 11.8 Å². The van der Waals surface area contributed by atoms with E-state index in [4.69, 9.17) is 9.26 Å². The number of rotatable bonds is 8. The predicted molar refractivity (Wildman–Crippen MR) is 128 cm³/mol. The lowest BCUT2D eigenvalue weighted by Crippen LogP contribution is -2.46. The molecule has 1 atom stereocenters. The van der Waals surface area contributed by atoms with Crippen LogP contribution >= 0.6 is 24.0 Å². The molecule has 10 heteroatoms. The lowest BCUT2D eigenvalue weighted by atomic mass is 10.0. The van der Waals surface area contributed by atoms with Gasteiger partial charge in [-0.3, -0.25) is 9.89 Å². The Kier molecular flexibility index (Phi) is 10.6. The summed E-state index contributed by atoms with van der Waals surface area (Å²) in [5, 5.41) is 10.7. The molecule has 0 amide bonds. The minimum absolute atomic E-state index is 0. The minimum atomic E-state index is -0.230. The van der Waals surface area contributed by atoms with Crippen LogP contribution in [-0.4, -0.2) is 67.4 Å². The molecule has 1 aliphatic rings. The van der Waals surface area contributed by atoms with Crippen LogP contribution in [0.2, 0.25) is 0 Å². The van der Waals surface area contributed by atoms with Crippen LogP contribution in [0.15, 0.2) is 33.8 Å². The molecular weight excluding hydrogens is 514 g/mol. The van der Waals surface area contributed by atoms with Crippen LogP contribution < -0.4 is 10.6 Å². The first-order valence-electron chi connectivity index (χ1n) is 10.4. The van der Waals surface area contributed by atoms with Crippen LogP contribution in [0.25, 0.3) is 0 Å². The normalized spacial score (nSPS) is 16.1. The molecule has 31 heavy (non-hydrogen) atoms. The van der Waals surface area contributed by atoms with Crippen LogP contribution in [0.1, 0.15) is 43.1 Å². The van der Waals surface area contributed by atoms with Gasteiger partial charge in [-0.2, -0.15) is 4.98 Å². The van der Waals surface area contributed by atoms with E-state index in [2.05, 4.69) is 30.7 Å². The van der Waals surface area contributed by atoms with E-state index in [1.165, 1.54) is 12.1 Å². The van der Waals surface area contributed by atoms with Crippen molar-refractivity contribution in [2.75, 3.05) is 46.4 Å². The molecule has 1 unspecified atom stereocenters. The van der Waals surface area contributed by atoms with Gasteiger partial charge >= 0.3 is 0 Å². The summed E-state index contributed by atoms with van der Waals surface area (Å²) in [6, 6.07) is 6.79. The van der Waals surface area contributed by atoms with Gasteiger partial charge in [-0.15, -0.1) is 24.0 Å². The zero-order valence-electron chi connectivity index (χ0n) is 18.3. The highest BCUT2D eigenvalue weighted by atomic mass is 127. The fourth-order valence-corrected chi connectivity index (χ4v) is 3.34. The van der Waals surface area contributed by atoms with Gasteiger partial charge in [0.25, 0.3) is 0 Å². The maximum atomic E-state index is 13.4. The second kappa shape index (κ2) is 12.9. The molecule has 0 aliphatic carbocycles. The predicted octanol–water partition coefficient (Wildman–Crippen LogP) is 2.73. The van der Waals surface area contributed by atoms with E-state index >= 15 is 0 Å². The first-order chi connectivity index (χ1) is 14.6. The number of nitrogens with one attached hydrogen (secondary N) is 2. The Morgan fingerprint density at radius 3 is 2.52 bits per heavy atom. The van der Waals surface area contributed by atoms with Gasteiger partial charge in [-0.1, -0.05) is 31.1 Å². The number of hydrogen-bond donors (Lipinski definition) is 2. The Bertz CT molecular complexity index is 808. The lowest BCUT2D eigenvalue weighted by molar-refractivity contribution is 0.0170. The molecule has 1 aromatic heterocycles. The zero-order valence-corrected chi connectivity index (χ0v) is 20.6. The number of halogens is 2. The van der Waals surface area contributed by atoms with Crippen molar-refractivity contribution in [3.63, 3.8) is 0 Å². The number of morpholine rings is 1. The minimum Gasteiger partial charge on any atom is -0.379 e. The molecule has 0 saturated carbocycles. The molecule has 2 aromatic rings. The van der Waals surface area contributed by atoms with Gasteiger partial charge in [-0.25, -0.2) is 4.39 Å². The fraction of sp³-hybridized carbons (Fsp3) is 0.571. The molecule has 2 N–H and O–H groups in total. The van der Waals surface area contributed by atoms with Gasteiger partial charge < -0.3 is 19.9 Å². The average molecular weight is 546 g/mol. The molecule has 8 nitrogen and oxygen atoms in total. The largest absolute Gasteiger partial charge is 0.379 e. The standard InChI is InChI=1S/C21H31FN6O2.HI/c1-15(2)20-26-19(30-27-20)8-9-24-21(23-3)25-14-18(28-10-12-29-13-11-28)16-4-6-17(22)7-5-16;/h4-7,15,18H,8-14H2,1-3H3,(H2,23,24,25);1H. The summed E-state index contributed by atoms with van der Waals surface area (Å²) in [5.74, 6) is 2.04. The molecule has 172 valence electrons. The summed E-state index contributed by atoms with van der Waals surface area (Å²) < 4.78 is 24.2. The van der Waals surface area contributed by atoms with Crippen LogP contribution in [0.3, 0.4) is 0 Å². The molecule has 0 bridgehead atoms. The first-order valence-corrected chi connectivity index (χ1v) is 10.4. The highest BCUT2D eigenvalue weighted by Crippen LogP contribution is 2.21. The van der Waals surface area contributed by atoms with Crippen molar-refractivity contribution >= 4 is 29.9 Å². The molecule has 0 radical (unpaired) electrons. The van der Waals surface area contributed by atoms with Gasteiger partial charge in [-0.05, 0) is 17.7 Å². The Morgan fingerprint density at radius 2 is 1.90 bits per heavy atom. The van der Waals surface area contributed by atoms with Gasteiger partial charge in [0.05, 0.1) is 19.3 Å². The monoisotopic (exact) mass is 546 g/mol. The molecular formula is C21H32FIN6O2. The topological polar surface area (TPSA) is 87.8 Å². The Morgan fingerprint density at radius 1 is 1.19 bits per heavy atom. The van der Waals surface area contributed by atoms with Crippen LogP contribution in [0.4, 0.5) is 4.39 Å². The van der Waals surface area contributed by atoms with E-state index in [1.54, 1.807) is 7.05 Å². The average Bonchev–Trinajstić information content (AvgIpc) is 3.24. The van der Waals surface area contributed by atoms with Gasteiger partial charge in [0, 0.05) is 45.6 Å². The number of aliphatic imine (C=N–C) groups is 1. The van der Waals surface area contributed by atoms with Crippen molar-refractivity contribution in [1.82, 2.24) is 25.7 Å². The summed E-state index contributed by atoms with van der Waals surface area (Å²) in [6.45, 7) is 8.41. The zero-order chi connectivity index (χ0) is 21.3. The molecule has 3 rings (SSSR count). The summed E-state index contributed by atoms with van der Waals surface area (Å²) >= 11 is 0. The molecule has 1 aromatic carbocycles. The third-order valence-corrected chi connectivity index (χ3v) is 5.06. The van der Waals surface area contributed by atoms with Crippen LogP contribution in [0, 0.1) is 5.82 Å². The highest BCUT2D eigenvalue weighted by molar-refractivity contribution is 14.0. The van der Waals surface area contributed by atoms with Crippen LogP contribution in [0.5, 0.6) is 0 Å². The summed E-state index contributed by atoms with van der Waals surface area (Å²) in [5.41, 5.74) is 1.06. The third kappa shape index (κ3) is 7.69. The number of ether oxygens (including phenoxy) is 1. The number of nitrogens with zero attached hydrogens (tertiary/aromatic N) is 4. The lowest BCUT2D eigenvalue weighted by Gasteiger charge is -2.35. The number of guanidine groups is 1. The van der Waals surface area contributed by atoms with Gasteiger partial charge in [0.2, 0.25) is 5.89 Å². The van der Waals surface area contributed by atoms with E-state index in [0.29, 0.717) is 44.6 Å². The van der Waals surface area contributed by atoms with E-state index in [0.717, 1.165) is 24.5 Å². The smallest absolute Gasteiger partial charge is 0.228 e. The van der Waals surface area contributed by atoms with E-state index in [-0.39, 0.29) is 41.8 Å². The Labute approximate surface area is 200 Å². The summed E-state index contributed by atoms with van der Waals surface area (Å²) in [6.07, 6.45) is 0.616. The Hall–Kier alpha value is -1.79. The summed E-state index contributed by atoms with van der Waals surface area (Å²) in [4.78, 5) is 11.0. The number of aromatic nitrogens is 2. The van der Waals surface area contributed by atoms with E-state index < -0.39 is 0 Å². The first kappa shape index (κ1) is 25.5. The maximum absolute atomic E-state index is 13.4. The van der Waals surface area contributed by atoms with Crippen molar-refractivity contribution < 1.29 is 13.7 Å². The fourth-order valence-electron chi connectivity index (χ4n) is 3.34. The van der Waals surface area contributed by atoms with E-state index in [9.17, 15) is 4.39 Å². The number of hydrogen-bond acceptors (Lipinski definition) is 6. The Balaban J connectivity index is 0.00000341. The maximum Gasteiger partial charge on any atom is 0.228 e. The SMILES string of the molecule is CN=C(NCCc1nc(C(C)C)no1)NCC(c1ccc(F)cc1)N1CCOCC1.I. The van der Waals surface area contributed by atoms with Crippen molar-refractivity contribution in [3.05, 3.63) is 47.4 Å². The van der Waals surface area contributed by atoms with Crippen molar-refractivity contribution in [1.29, 1.82) is 0 Å². The van der Waals surface area contributed by atoms with E-state index in [1.807, 2.05) is 26.0 Å². The number of benzene rings is 1. The summed E-state index contributed by atoms with van der Waals surface area (Å²) in [7, 11) is 1.74. The second-order valence-electron chi connectivity index (χ2n) is 7.55. The molecule has 2 heterocycles. The molecule has 0 spiro atoms. The second-order valence-corrected chi connectivity index (χ2v) is 7.55.